The monoisotopic (exact) mass is 317 g/mol. The summed E-state index contributed by atoms with van der Waals surface area (Å²) in [5.74, 6) is 1.78. The lowest BCUT2D eigenvalue weighted by atomic mass is 10.3. The van der Waals surface area contributed by atoms with Crippen molar-refractivity contribution in [3.8, 4) is 0 Å². The molecule has 8 heteroatoms. The van der Waals surface area contributed by atoms with Crippen LogP contribution in [0.15, 0.2) is 0 Å². The van der Waals surface area contributed by atoms with Crippen LogP contribution in [0, 0.1) is 0 Å². The van der Waals surface area contributed by atoms with Gasteiger partial charge in [-0.15, -0.1) is 0 Å². The van der Waals surface area contributed by atoms with Crippen molar-refractivity contribution in [1.82, 2.24) is 15.0 Å². The summed E-state index contributed by atoms with van der Waals surface area (Å²) in [5, 5.41) is 3.40. The number of nitrogens with one attached hydrogen (secondary N) is 1. The first kappa shape index (κ1) is 15.4. The van der Waals surface area contributed by atoms with E-state index in [1.54, 1.807) is 6.26 Å². The molecule has 1 fully saturated rings. The molecule has 1 aliphatic heterocycles. The maximum atomic E-state index is 11.1. The third-order valence-electron chi connectivity index (χ3n) is 3.20. The van der Waals surface area contributed by atoms with Crippen LogP contribution in [0.2, 0.25) is 5.28 Å². The second-order valence-electron chi connectivity index (χ2n) is 5.03. The molecule has 2 atom stereocenters. The van der Waals surface area contributed by atoms with Crippen molar-refractivity contribution in [3.63, 3.8) is 0 Å². The predicted molar refractivity (Wildman–Crippen MR) is 82.9 cm³/mol. The quantitative estimate of drug-likeness (QED) is 0.861. The lowest BCUT2D eigenvalue weighted by Crippen LogP contribution is -2.24. The molecule has 0 saturated carbocycles. The van der Waals surface area contributed by atoms with Crippen molar-refractivity contribution in [3.05, 3.63) is 5.28 Å². The molecule has 112 valence electrons. The second kappa shape index (κ2) is 7.17. The van der Waals surface area contributed by atoms with E-state index < -0.39 is 10.8 Å². The van der Waals surface area contributed by atoms with Gasteiger partial charge in [-0.1, -0.05) is 0 Å². The third kappa shape index (κ3) is 4.56. The highest BCUT2D eigenvalue weighted by molar-refractivity contribution is 7.84. The Labute approximate surface area is 126 Å². The summed E-state index contributed by atoms with van der Waals surface area (Å²) in [6.45, 7) is 3.94. The second-order valence-corrected chi connectivity index (χ2v) is 6.93. The molecule has 1 aromatic rings. The van der Waals surface area contributed by atoms with E-state index >= 15 is 0 Å². The van der Waals surface area contributed by atoms with E-state index in [9.17, 15) is 4.21 Å². The summed E-state index contributed by atoms with van der Waals surface area (Å²) in [6, 6.07) is 0.142. The van der Waals surface area contributed by atoms with Gasteiger partial charge in [-0.3, -0.25) is 4.21 Å². The molecule has 0 radical (unpaired) electrons. The average molecular weight is 318 g/mol. The molecule has 0 aromatic carbocycles. The lowest BCUT2D eigenvalue weighted by molar-refractivity contribution is 0.677. The van der Waals surface area contributed by atoms with Gasteiger partial charge < -0.3 is 10.2 Å². The van der Waals surface area contributed by atoms with Gasteiger partial charge in [-0.2, -0.15) is 15.0 Å². The Morgan fingerprint density at radius 1 is 1.35 bits per heavy atom. The molecule has 1 aliphatic rings. The zero-order chi connectivity index (χ0) is 14.5. The fourth-order valence-electron chi connectivity index (χ4n) is 2.10. The maximum Gasteiger partial charge on any atom is 0.231 e. The Kier molecular flexibility index (Phi) is 5.54. The lowest BCUT2D eigenvalue weighted by Gasteiger charge is -2.17. The van der Waals surface area contributed by atoms with Gasteiger partial charge in [0.2, 0.25) is 17.2 Å². The summed E-state index contributed by atoms with van der Waals surface area (Å²) in [6.07, 6.45) is 4.82. The predicted octanol–water partition coefficient (Wildman–Crippen LogP) is 1.69. The fraction of sp³-hybridized carbons (Fsp3) is 0.750. The molecule has 0 spiro atoms. The molecule has 0 aliphatic carbocycles. The van der Waals surface area contributed by atoms with Crippen LogP contribution >= 0.6 is 11.6 Å². The molecule has 20 heavy (non-hydrogen) atoms. The first-order valence-corrected chi connectivity index (χ1v) is 8.88. The minimum absolute atomic E-state index is 0.142. The van der Waals surface area contributed by atoms with E-state index in [0.717, 1.165) is 32.4 Å². The zero-order valence-electron chi connectivity index (χ0n) is 11.8. The van der Waals surface area contributed by atoms with Crippen LogP contribution in [0.5, 0.6) is 0 Å². The topological polar surface area (TPSA) is 71.0 Å². The number of halogens is 1. The van der Waals surface area contributed by atoms with Crippen molar-refractivity contribution in [2.45, 2.75) is 32.2 Å². The number of rotatable bonds is 6. The number of hydrogen-bond donors (Lipinski definition) is 1. The Balaban J connectivity index is 2.01. The van der Waals surface area contributed by atoms with Gasteiger partial charge in [0.25, 0.3) is 0 Å². The Bertz CT molecular complexity index is 481. The van der Waals surface area contributed by atoms with Crippen molar-refractivity contribution >= 4 is 34.3 Å². The Morgan fingerprint density at radius 3 is 2.70 bits per heavy atom. The molecule has 2 heterocycles. The van der Waals surface area contributed by atoms with Crippen molar-refractivity contribution < 1.29 is 4.21 Å². The zero-order valence-corrected chi connectivity index (χ0v) is 13.4. The van der Waals surface area contributed by atoms with Crippen molar-refractivity contribution in [2.24, 2.45) is 0 Å². The summed E-state index contributed by atoms with van der Waals surface area (Å²) < 4.78 is 11.1. The summed E-state index contributed by atoms with van der Waals surface area (Å²) in [5.41, 5.74) is 0. The fourth-order valence-corrected chi connectivity index (χ4v) is 2.94. The van der Waals surface area contributed by atoms with E-state index in [4.69, 9.17) is 11.6 Å². The molecule has 6 nitrogen and oxygen atoms in total. The molecule has 0 bridgehead atoms. The van der Waals surface area contributed by atoms with Gasteiger partial charge in [0.05, 0.1) is 0 Å². The number of aromatic nitrogens is 3. The summed E-state index contributed by atoms with van der Waals surface area (Å²) in [7, 11) is -0.782. The number of hydrogen-bond acceptors (Lipinski definition) is 6. The number of nitrogens with zero attached hydrogens (tertiary/aromatic N) is 4. The van der Waals surface area contributed by atoms with Gasteiger partial charge in [-0.05, 0) is 37.8 Å². The smallest absolute Gasteiger partial charge is 0.231 e. The van der Waals surface area contributed by atoms with Crippen LogP contribution in [0.3, 0.4) is 0 Å². The maximum absolute atomic E-state index is 11.1. The molecular weight excluding hydrogens is 298 g/mol. The van der Waals surface area contributed by atoms with E-state index in [0.29, 0.717) is 17.6 Å². The van der Waals surface area contributed by atoms with Crippen LogP contribution in [-0.4, -0.2) is 50.3 Å². The highest BCUT2D eigenvalue weighted by Gasteiger charge is 2.17. The minimum Gasteiger partial charge on any atom is -0.352 e. The Morgan fingerprint density at radius 2 is 2.05 bits per heavy atom. The molecule has 1 N–H and O–H groups in total. The van der Waals surface area contributed by atoms with E-state index in [1.807, 2.05) is 6.92 Å². The molecule has 0 amide bonds. The van der Waals surface area contributed by atoms with Crippen LogP contribution < -0.4 is 10.2 Å². The molecule has 2 unspecified atom stereocenters. The van der Waals surface area contributed by atoms with E-state index in [1.165, 1.54) is 0 Å². The summed E-state index contributed by atoms with van der Waals surface area (Å²) in [4.78, 5) is 14.8. The highest BCUT2D eigenvalue weighted by atomic mass is 35.5. The van der Waals surface area contributed by atoms with Crippen LogP contribution in [0.4, 0.5) is 11.9 Å². The molecule has 1 saturated heterocycles. The standard InChI is InChI=1S/C12H20ClN5OS/c1-9(5-8-20(2)19)14-11-15-10(13)16-12(17-11)18-6-3-4-7-18/h9H,3-8H2,1-2H3,(H,14,15,16,17). The largest absolute Gasteiger partial charge is 0.352 e. The van der Waals surface area contributed by atoms with Crippen LogP contribution in [-0.2, 0) is 10.8 Å². The third-order valence-corrected chi connectivity index (χ3v) is 4.18. The SMILES string of the molecule is CC(CCS(C)=O)Nc1nc(Cl)nc(N2CCCC2)n1. The minimum atomic E-state index is -0.782. The normalized spacial score (nSPS) is 18.1. The van der Waals surface area contributed by atoms with E-state index in [2.05, 4.69) is 25.2 Å². The van der Waals surface area contributed by atoms with Gasteiger partial charge in [0.15, 0.2) is 0 Å². The molecule has 1 aromatic heterocycles. The highest BCUT2D eigenvalue weighted by Crippen LogP contribution is 2.19. The van der Waals surface area contributed by atoms with Gasteiger partial charge in [0, 0.05) is 41.9 Å². The van der Waals surface area contributed by atoms with E-state index in [-0.39, 0.29) is 11.3 Å². The first-order valence-electron chi connectivity index (χ1n) is 6.77. The Hall–Kier alpha value is -0.950. The van der Waals surface area contributed by atoms with Gasteiger partial charge in [-0.25, -0.2) is 0 Å². The van der Waals surface area contributed by atoms with Crippen molar-refractivity contribution in [2.75, 3.05) is 35.3 Å². The van der Waals surface area contributed by atoms with Gasteiger partial charge in [0.1, 0.15) is 0 Å². The molecule has 2 rings (SSSR count). The van der Waals surface area contributed by atoms with Crippen LogP contribution in [0.1, 0.15) is 26.2 Å². The van der Waals surface area contributed by atoms with Crippen LogP contribution in [0.25, 0.3) is 0 Å². The average Bonchev–Trinajstić information content (AvgIpc) is 2.89. The first-order chi connectivity index (χ1) is 9.54. The summed E-state index contributed by atoms with van der Waals surface area (Å²) >= 11 is 5.96. The van der Waals surface area contributed by atoms with Crippen molar-refractivity contribution in [1.29, 1.82) is 0 Å². The van der Waals surface area contributed by atoms with Gasteiger partial charge >= 0.3 is 0 Å². The number of anilines is 2. The molecular formula is C12H20ClN5OS.